The lowest BCUT2D eigenvalue weighted by atomic mass is 10.2. The molecule has 0 aliphatic heterocycles. The lowest BCUT2D eigenvalue weighted by Crippen LogP contribution is -2.34. The molecule has 0 saturated heterocycles. The van der Waals surface area contributed by atoms with Crippen molar-refractivity contribution in [3.05, 3.63) is 29.8 Å². The SMILES string of the molecule is CCCCNc1ccc(C(=O)OCCOCCOCCOCCOCCOCCNC(=O)OC(C)(C)C)cc1. The molecule has 0 heterocycles. The van der Waals surface area contributed by atoms with Crippen LogP contribution in [0.2, 0.25) is 0 Å². The molecule has 1 aromatic carbocycles. The van der Waals surface area contributed by atoms with Crippen molar-refractivity contribution < 1.29 is 42.7 Å². The monoisotopic (exact) mass is 556 g/mol. The number of unbranched alkanes of at least 4 members (excludes halogenated alkanes) is 1. The Morgan fingerprint density at radius 1 is 0.692 bits per heavy atom. The van der Waals surface area contributed by atoms with E-state index < -0.39 is 11.7 Å². The highest BCUT2D eigenvalue weighted by molar-refractivity contribution is 5.89. The first-order valence-electron chi connectivity index (χ1n) is 13.7. The number of carbonyl (C=O) groups excluding carboxylic acids is 2. The summed E-state index contributed by atoms with van der Waals surface area (Å²) in [6.07, 6.45) is 1.79. The summed E-state index contributed by atoms with van der Waals surface area (Å²) in [6.45, 7) is 13.3. The minimum atomic E-state index is -0.513. The Labute approximate surface area is 233 Å². The number of rotatable bonds is 23. The molecule has 0 aliphatic rings. The molecule has 0 saturated carbocycles. The van der Waals surface area contributed by atoms with Gasteiger partial charge in [-0.25, -0.2) is 9.59 Å². The number of esters is 1. The van der Waals surface area contributed by atoms with Gasteiger partial charge in [0.15, 0.2) is 0 Å². The van der Waals surface area contributed by atoms with Crippen LogP contribution in [0.15, 0.2) is 24.3 Å². The Morgan fingerprint density at radius 2 is 1.18 bits per heavy atom. The summed E-state index contributed by atoms with van der Waals surface area (Å²) in [4.78, 5) is 23.5. The molecule has 1 aromatic rings. The van der Waals surface area contributed by atoms with E-state index in [0.29, 0.717) is 78.2 Å². The quantitative estimate of drug-likeness (QED) is 0.152. The summed E-state index contributed by atoms with van der Waals surface area (Å²) < 4.78 is 37.4. The van der Waals surface area contributed by atoms with Crippen LogP contribution in [-0.4, -0.2) is 103 Å². The maximum Gasteiger partial charge on any atom is 0.407 e. The van der Waals surface area contributed by atoms with E-state index in [0.717, 1.165) is 25.1 Å². The number of ether oxygens (including phenoxy) is 7. The lowest BCUT2D eigenvalue weighted by molar-refractivity contribution is -0.0151. The van der Waals surface area contributed by atoms with Crippen molar-refractivity contribution in [1.82, 2.24) is 5.32 Å². The maximum atomic E-state index is 12.1. The van der Waals surface area contributed by atoms with Gasteiger partial charge in [-0.15, -0.1) is 0 Å². The number of benzene rings is 1. The summed E-state index contributed by atoms with van der Waals surface area (Å²) in [7, 11) is 0. The van der Waals surface area contributed by atoms with E-state index in [1.54, 1.807) is 12.1 Å². The Bertz CT molecular complexity index is 754. The fraction of sp³-hybridized carbons (Fsp3) is 0.714. The van der Waals surface area contributed by atoms with Crippen LogP contribution in [0.3, 0.4) is 0 Å². The van der Waals surface area contributed by atoms with Crippen molar-refractivity contribution in [1.29, 1.82) is 0 Å². The molecule has 0 aliphatic carbocycles. The molecule has 0 unspecified atom stereocenters. The fourth-order valence-electron chi connectivity index (χ4n) is 2.93. The third-order valence-electron chi connectivity index (χ3n) is 4.84. The average Bonchev–Trinajstić information content (AvgIpc) is 2.89. The normalized spacial score (nSPS) is 11.3. The van der Waals surface area contributed by atoms with Gasteiger partial charge in [0.25, 0.3) is 0 Å². The van der Waals surface area contributed by atoms with Gasteiger partial charge in [0, 0.05) is 18.8 Å². The number of carbonyl (C=O) groups is 2. The molecule has 1 amide bonds. The third-order valence-corrected chi connectivity index (χ3v) is 4.84. The fourth-order valence-corrected chi connectivity index (χ4v) is 2.93. The van der Waals surface area contributed by atoms with Gasteiger partial charge >= 0.3 is 12.1 Å². The highest BCUT2D eigenvalue weighted by Crippen LogP contribution is 2.11. The van der Waals surface area contributed by atoms with Crippen LogP contribution in [0.1, 0.15) is 50.9 Å². The van der Waals surface area contributed by atoms with Crippen molar-refractivity contribution in [2.45, 2.75) is 46.1 Å². The Morgan fingerprint density at radius 3 is 1.67 bits per heavy atom. The number of amides is 1. The van der Waals surface area contributed by atoms with Crippen LogP contribution in [0.4, 0.5) is 10.5 Å². The van der Waals surface area contributed by atoms with E-state index in [-0.39, 0.29) is 12.6 Å². The number of anilines is 1. The first kappa shape index (κ1) is 34.6. The van der Waals surface area contributed by atoms with Crippen LogP contribution < -0.4 is 10.6 Å². The summed E-state index contributed by atoms with van der Waals surface area (Å²) >= 11 is 0. The van der Waals surface area contributed by atoms with Crippen molar-refractivity contribution in [3.8, 4) is 0 Å². The molecule has 0 fully saturated rings. The van der Waals surface area contributed by atoms with E-state index >= 15 is 0 Å². The van der Waals surface area contributed by atoms with Crippen LogP contribution in [0, 0.1) is 0 Å². The van der Waals surface area contributed by atoms with Crippen LogP contribution in [0.5, 0.6) is 0 Å². The second-order valence-corrected chi connectivity index (χ2v) is 9.48. The van der Waals surface area contributed by atoms with Gasteiger partial charge in [-0.05, 0) is 51.5 Å². The van der Waals surface area contributed by atoms with Gasteiger partial charge in [-0.1, -0.05) is 13.3 Å². The van der Waals surface area contributed by atoms with Gasteiger partial charge in [-0.3, -0.25) is 0 Å². The van der Waals surface area contributed by atoms with Crippen molar-refractivity contribution in [2.24, 2.45) is 0 Å². The predicted octanol–water partition coefficient (Wildman–Crippen LogP) is 3.66. The molecule has 0 atom stereocenters. The zero-order valence-corrected chi connectivity index (χ0v) is 24.1. The molecule has 11 nitrogen and oxygen atoms in total. The molecule has 39 heavy (non-hydrogen) atoms. The van der Waals surface area contributed by atoms with Crippen LogP contribution in [0.25, 0.3) is 0 Å². The van der Waals surface area contributed by atoms with Crippen molar-refractivity contribution in [3.63, 3.8) is 0 Å². The number of hydrogen-bond donors (Lipinski definition) is 2. The summed E-state index contributed by atoms with van der Waals surface area (Å²) in [5, 5.41) is 5.93. The zero-order chi connectivity index (χ0) is 28.6. The molecule has 0 aromatic heterocycles. The molecule has 11 heteroatoms. The van der Waals surface area contributed by atoms with Crippen LogP contribution >= 0.6 is 0 Å². The largest absolute Gasteiger partial charge is 0.460 e. The predicted molar refractivity (Wildman–Crippen MR) is 148 cm³/mol. The zero-order valence-electron chi connectivity index (χ0n) is 24.1. The minimum absolute atomic E-state index is 0.187. The molecule has 0 spiro atoms. The standard InChI is InChI=1S/C28H48N2O9/c1-5-6-11-29-25-9-7-24(8-10-25)26(31)38-23-22-37-21-20-36-19-18-35-17-16-34-15-14-33-13-12-30-27(32)39-28(2,3)4/h7-10,29H,5-6,11-23H2,1-4H3,(H,30,32). The van der Waals surface area contributed by atoms with Crippen molar-refractivity contribution >= 4 is 17.7 Å². The van der Waals surface area contributed by atoms with Gasteiger partial charge < -0.3 is 43.8 Å². The molecule has 224 valence electrons. The van der Waals surface area contributed by atoms with Crippen LogP contribution in [-0.2, 0) is 33.2 Å². The Kier molecular flexibility index (Phi) is 19.9. The second-order valence-electron chi connectivity index (χ2n) is 9.48. The first-order valence-corrected chi connectivity index (χ1v) is 13.7. The summed E-state index contributed by atoms with van der Waals surface area (Å²) in [5.74, 6) is -0.365. The number of hydrogen-bond acceptors (Lipinski definition) is 10. The summed E-state index contributed by atoms with van der Waals surface area (Å²) in [6, 6.07) is 7.27. The molecule has 0 bridgehead atoms. The van der Waals surface area contributed by atoms with E-state index in [2.05, 4.69) is 17.6 Å². The highest BCUT2D eigenvalue weighted by Gasteiger charge is 2.15. The summed E-state index contributed by atoms with van der Waals surface area (Å²) in [5.41, 5.74) is 0.996. The van der Waals surface area contributed by atoms with Gasteiger partial charge in [0.1, 0.15) is 12.2 Å². The number of nitrogens with one attached hydrogen (secondary N) is 2. The molecule has 0 radical (unpaired) electrons. The maximum absolute atomic E-state index is 12.1. The average molecular weight is 557 g/mol. The molecule has 1 rings (SSSR count). The minimum Gasteiger partial charge on any atom is -0.460 e. The Balaban J connectivity index is 1.82. The van der Waals surface area contributed by atoms with E-state index in [1.165, 1.54) is 0 Å². The van der Waals surface area contributed by atoms with Gasteiger partial charge in [0.05, 0.1) is 71.6 Å². The second kappa shape index (κ2) is 22.4. The Hall–Kier alpha value is -2.44. The smallest absolute Gasteiger partial charge is 0.407 e. The number of alkyl carbamates (subject to hydrolysis) is 1. The third kappa shape index (κ3) is 21.1. The van der Waals surface area contributed by atoms with Gasteiger partial charge in [-0.2, -0.15) is 0 Å². The van der Waals surface area contributed by atoms with E-state index in [9.17, 15) is 9.59 Å². The first-order chi connectivity index (χ1) is 18.8. The topological polar surface area (TPSA) is 123 Å². The van der Waals surface area contributed by atoms with E-state index in [4.69, 9.17) is 33.2 Å². The van der Waals surface area contributed by atoms with Crippen molar-refractivity contribution in [2.75, 3.05) is 91.1 Å². The van der Waals surface area contributed by atoms with E-state index in [1.807, 2.05) is 32.9 Å². The van der Waals surface area contributed by atoms with Gasteiger partial charge in [0.2, 0.25) is 0 Å². The highest BCUT2D eigenvalue weighted by atomic mass is 16.6. The lowest BCUT2D eigenvalue weighted by Gasteiger charge is -2.19. The molecular formula is C28H48N2O9. The molecule has 2 N–H and O–H groups in total. The molecular weight excluding hydrogens is 508 g/mol.